The fourth-order valence-corrected chi connectivity index (χ4v) is 2.57. The van der Waals surface area contributed by atoms with Crippen LogP contribution in [0.5, 0.6) is 0 Å². The molecule has 7 heteroatoms. The first-order chi connectivity index (χ1) is 9.62. The van der Waals surface area contributed by atoms with Gasteiger partial charge in [-0.05, 0) is 25.9 Å². The highest BCUT2D eigenvalue weighted by atomic mass is 16.5. The molecule has 2 heterocycles. The Morgan fingerprint density at radius 2 is 1.95 bits per heavy atom. The van der Waals surface area contributed by atoms with Crippen LogP contribution >= 0.6 is 0 Å². The van der Waals surface area contributed by atoms with Crippen molar-refractivity contribution in [2.75, 3.05) is 32.9 Å². The van der Waals surface area contributed by atoms with Crippen LogP contribution in [0.3, 0.4) is 0 Å². The van der Waals surface area contributed by atoms with Crippen molar-refractivity contribution in [3.8, 4) is 0 Å². The highest BCUT2D eigenvalue weighted by Crippen LogP contribution is 2.21. The maximum Gasteiger partial charge on any atom is 0.329 e. The van der Waals surface area contributed by atoms with Gasteiger partial charge in [-0.2, -0.15) is 0 Å². The maximum atomic E-state index is 11.9. The number of carbonyl (C=O) groups excluding carboxylic acids is 1. The van der Waals surface area contributed by atoms with Crippen LogP contribution in [0.4, 0.5) is 0 Å². The second-order valence-electron chi connectivity index (χ2n) is 5.31. The van der Waals surface area contributed by atoms with Crippen LogP contribution in [0.2, 0.25) is 0 Å². The molecule has 2 rings (SSSR count). The number of piperidine rings is 1. The minimum Gasteiger partial charge on any atom is -0.480 e. The van der Waals surface area contributed by atoms with Gasteiger partial charge in [0.1, 0.15) is 12.1 Å². The number of carboxylic acid groups (broad SMARTS) is 1. The molecule has 0 aromatic carbocycles. The predicted molar refractivity (Wildman–Crippen MR) is 70.4 cm³/mol. The smallest absolute Gasteiger partial charge is 0.329 e. The minimum absolute atomic E-state index is 0.0810. The van der Waals surface area contributed by atoms with Crippen LogP contribution in [0.25, 0.3) is 0 Å². The van der Waals surface area contributed by atoms with Gasteiger partial charge in [0.05, 0.1) is 6.10 Å². The van der Waals surface area contributed by atoms with Crippen LogP contribution in [0.1, 0.15) is 25.7 Å². The lowest BCUT2D eigenvalue weighted by atomic mass is 9.90. The molecule has 0 spiro atoms. The van der Waals surface area contributed by atoms with E-state index in [-0.39, 0.29) is 18.6 Å². The average molecular weight is 286 g/mol. The summed E-state index contributed by atoms with van der Waals surface area (Å²) >= 11 is 0. The molecule has 20 heavy (non-hydrogen) atoms. The van der Waals surface area contributed by atoms with Crippen molar-refractivity contribution in [2.45, 2.75) is 37.3 Å². The normalized spacial score (nSPS) is 23.2. The molecule has 2 aliphatic rings. The lowest BCUT2D eigenvalue weighted by molar-refractivity contribution is -0.153. The predicted octanol–water partition coefficient (Wildman–Crippen LogP) is -0.495. The molecule has 0 radical (unpaired) electrons. The van der Waals surface area contributed by atoms with E-state index in [2.05, 4.69) is 10.6 Å². The highest BCUT2D eigenvalue weighted by molar-refractivity contribution is 5.87. The zero-order valence-corrected chi connectivity index (χ0v) is 11.5. The summed E-state index contributed by atoms with van der Waals surface area (Å²) in [5.74, 6) is -1.37. The third-order valence-corrected chi connectivity index (χ3v) is 3.87. The third-order valence-electron chi connectivity index (χ3n) is 3.87. The van der Waals surface area contributed by atoms with Crippen LogP contribution in [-0.2, 0) is 19.1 Å². The van der Waals surface area contributed by atoms with Gasteiger partial charge in [-0.25, -0.2) is 4.79 Å². The highest BCUT2D eigenvalue weighted by Gasteiger charge is 2.41. The van der Waals surface area contributed by atoms with Gasteiger partial charge in [-0.15, -0.1) is 0 Å². The van der Waals surface area contributed by atoms with E-state index in [1.807, 2.05) is 0 Å². The van der Waals surface area contributed by atoms with Gasteiger partial charge >= 0.3 is 5.97 Å². The van der Waals surface area contributed by atoms with Crippen LogP contribution < -0.4 is 10.6 Å². The minimum atomic E-state index is -1.20. The SMILES string of the molecule is O=C(COC1CCNCC1)NC1(C(=O)O)CCOCC1. The standard InChI is InChI=1S/C13H22N2O5/c16-11(9-20-10-1-5-14-6-2-10)15-13(12(17)18)3-7-19-8-4-13/h10,14H,1-9H2,(H,15,16)(H,17,18). The van der Waals surface area contributed by atoms with Crippen molar-refractivity contribution in [1.82, 2.24) is 10.6 Å². The molecule has 2 fully saturated rings. The van der Waals surface area contributed by atoms with E-state index in [9.17, 15) is 14.7 Å². The molecular weight excluding hydrogens is 264 g/mol. The molecule has 1 amide bonds. The zero-order valence-electron chi connectivity index (χ0n) is 11.5. The molecule has 0 aromatic heterocycles. The Hall–Kier alpha value is -1.18. The topological polar surface area (TPSA) is 96.9 Å². The number of ether oxygens (including phenoxy) is 2. The number of hydrogen-bond donors (Lipinski definition) is 3. The van der Waals surface area contributed by atoms with Crippen molar-refractivity contribution in [3.63, 3.8) is 0 Å². The molecule has 0 atom stereocenters. The third kappa shape index (κ3) is 3.91. The molecule has 114 valence electrons. The Morgan fingerprint density at radius 3 is 2.55 bits per heavy atom. The summed E-state index contributed by atoms with van der Waals surface area (Å²) in [6.07, 6.45) is 2.43. The first kappa shape index (κ1) is 15.2. The summed E-state index contributed by atoms with van der Waals surface area (Å²) in [5.41, 5.74) is -1.20. The van der Waals surface area contributed by atoms with E-state index < -0.39 is 11.5 Å². The summed E-state index contributed by atoms with van der Waals surface area (Å²) in [6, 6.07) is 0. The van der Waals surface area contributed by atoms with Gasteiger partial charge in [0.2, 0.25) is 5.91 Å². The Labute approximate surface area is 118 Å². The van der Waals surface area contributed by atoms with Crippen LogP contribution in [0.15, 0.2) is 0 Å². The summed E-state index contributed by atoms with van der Waals surface area (Å²) in [4.78, 5) is 23.3. The second-order valence-corrected chi connectivity index (χ2v) is 5.31. The van der Waals surface area contributed by atoms with Crippen molar-refractivity contribution in [1.29, 1.82) is 0 Å². The van der Waals surface area contributed by atoms with Crippen LogP contribution in [-0.4, -0.2) is 61.5 Å². The van der Waals surface area contributed by atoms with Crippen molar-refractivity contribution < 1.29 is 24.2 Å². The van der Waals surface area contributed by atoms with Gasteiger partial charge in [0, 0.05) is 26.1 Å². The molecule has 7 nitrogen and oxygen atoms in total. The lowest BCUT2D eigenvalue weighted by Gasteiger charge is -2.34. The van der Waals surface area contributed by atoms with Crippen LogP contribution in [0, 0.1) is 0 Å². The number of carboxylic acids is 1. The molecule has 0 aromatic rings. The molecule has 3 N–H and O–H groups in total. The Bertz CT molecular complexity index is 349. The van der Waals surface area contributed by atoms with Gasteiger partial charge in [-0.3, -0.25) is 4.79 Å². The fraction of sp³-hybridized carbons (Fsp3) is 0.846. The summed E-state index contributed by atoms with van der Waals surface area (Å²) in [6.45, 7) is 2.40. The molecule has 2 aliphatic heterocycles. The zero-order chi connectivity index (χ0) is 14.4. The Balaban J connectivity index is 1.80. The van der Waals surface area contributed by atoms with Crippen molar-refractivity contribution >= 4 is 11.9 Å². The monoisotopic (exact) mass is 286 g/mol. The molecule has 0 bridgehead atoms. The van der Waals surface area contributed by atoms with E-state index >= 15 is 0 Å². The van der Waals surface area contributed by atoms with E-state index in [1.54, 1.807) is 0 Å². The maximum absolute atomic E-state index is 11.9. The quantitative estimate of drug-likeness (QED) is 0.631. The van der Waals surface area contributed by atoms with E-state index in [0.717, 1.165) is 25.9 Å². The van der Waals surface area contributed by atoms with Crippen molar-refractivity contribution in [2.24, 2.45) is 0 Å². The lowest BCUT2D eigenvalue weighted by Crippen LogP contribution is -2.58. The van der Waals surface area contributed by atoms with E-state index in [1.165, 1.54) is 0 Å². The van der Waals surface area contributed by atoms with Gasteiger partial charge in [-0.1, -0.05) is 0 Å². The summed E-state index contributed by atoms with van der Waals surface area (Å²) in [7, 11) is 0. The molecule has 0 aliphatic carbocycles. The van der Waals surface area contributed by atoms with E-state index in [0.29, 0.717) is 26.1 Å². The Kier molecular flexibility index (Phi) is 5.33. The van der Waals surface area contributed by atoms with Crippen molar-refractivity contribution in [3.05, 3.63) is 0 Å². The van der Waals surface area contributed by atoms with Gasteiger partial charge in [0.15, 0.2) is 0 Å². The summed E-state index contributed by atoms with van der Waals surface area (Å²) in [5, 5.41) is 15.2. The Morgan fingerprint density at radius 1 is 1.30 bits per heavy atom. The number of nitrogens with one attached hydrogen (secondary N) is 2. The molecule has 2 saturated heterocycles. The number of amides is 1. The molecular formula is C13H22N2O5. The second kappa shape index (κ2) is 7.01. The van der Waals surface area contributed by atoms with Gasteiger partial charge in [0.25, 0.3) is 0 Å². The van der Waals surface area contributed by atoms with E-state index in [4.69, 9.17) is 9.47 Å². The number of rotatable bonds is 5. The largest absolute Gasteiger partial charge is 0.480 e. The average Bonchev–Trinajstić information content (AvgIpc) is 2.47. The summed E-state index contributed by atoms with van der Waals surface area (Å²) < 4.78 is 10.7. The molecule has 0 unspecified atom stereocenters. The molecule has 0 saturated carbocycles. The van der Waals surface area contributed by atoms with Gasteiger partial charge < -0.3 is 25.2 Å². The number of hydrogen-bond acceptors (Lipinski definition) is 5. The fourth-order valence-electron chi connectivity index (χ4n) is 2.57. The number of carbonyl (C=O) groups is 2. The first-order valence-corrected chi connectivity index (χ1v) is 7.07. The first-order valence-electron chi connectivity index (χ1n) is 7.07. The number of aliphatic carboxylic acids is 1.